The van der Waals surface area contributed by atoms with Crippen molar-refractivity contribution in [1.29, 1.82) is 0 Å². The van der Waals surface area contributed by atoms with Crippen LogP contribution in [0.4, 0.5) is 0 Å². The number of hydrogen-bond acceptors (Lipinski definition) is 0. The van der Waals surface area contributed by atoms with Crippen molar-refractivity contribution in [1.82, 2.24) is 0 Å². The standard InChI is InChI=1S/2C10H13.C2H4.2ClH.Hf/c2*1-8-6-9-4-2-3-5-10(9)7-8;1-2;;;/h2*6-7H,2-5H2,1H3;1H,2H3;2*1H;/q;;;;;+2/p-2. The molecule has 0 radical (unpaired) electrons. The van der Waals surface area contributed by atoms with Gasteiger partial charge in [-0.3, -0.25) is 0 Å². The molecule has 0 spiro atoms. The Kier molecular flexibility index (Phi) is 4.78. The first-order valence-corrected chi connectivity index (χ1v) is 25.2. The van der Waals surface area contributed by atoms with Gasteiger partial charge in [0, 0.05) is 0 Å². The summed E-state index contributed by atoms with van der Waals surface area (Å²) in [5, 5.41) is 0. The molecule has 2 atom stereocenters. The van der Waals surface area contributed by atoms with Crippen LogP contribution in [0.5, 0.6) is 0 Å². The van der Waals surface area contributed by atoms with Crippen LogP contribution in [0.25, 0.3) is 0 Å². The van der Waals surface area contributed by atoms with E-state index in [0.29, 0.717) is 7.35 Å². The van der Waals surface area contributed by atoms with Gasteiger partial charge in [-0.15, -0.1) is 0 Å². The van der Waals surface area contributed by atoms with Gasteiger partial charge in [-0.25, -0.2) is 0 Å². The van der Waals surface area contributed by atoms with Gasteiger partial charge in [-0.1, -0.05) is 0 Å². The van der Waals surface area contributed by atoms with Gasteiger partial charge in [0.1, 0.15) is 0 Å². The van der Waals surface area contributed by atoms with Gasteiger partial charge in [0.15, 0.2) is 0 Å². The van der Waals surface area contributed by atoms with Crippen molar-refractivity contribution in [2.24, 2.45) is 0 Å². The Hall–Kier alpha value is 0.280. The summed E-state index contributed by atoms with van der Waals surface area (Å²) in [6.45, 7) is 6.74. The molecule has 0 bridgehead atoms. The molecule has 4 aliphatic carbocycles. The fourth-order valence-corrected chi connectivity index (χ4v) is 33.7. The topological polar surface area (TPSA) is 0 Å². The summed E-state index contributed by atoms with van der Waals surface area (Å²) in [5.74, 6) is 0. The Bertz CT molecular complexity index is 753. The Morgan fingerprint density at radius 3 is 1.60 bits per heavy atom. The maximum absolute atomic E-state index is 7.80. The molecule has 2 unspecified atom stereocenters. The van der Waals surface area contributed by atoms with Crippen LogP contribution in [0.3, 0.4) is 0 Å². The van der Waals surface area contributed by atoms with E-state index in [9.17, 15) is 0 Å². The van der Waals surface area contributed by atoms with Crippen LogP contribution in [0.15, 0.2) is 45.6 Å². The quantitative estimate of drug-likeness (QED) is 0.309. The Morgan fingerprint density at radius 2 is 1.20 bits per heavy atom. The Morgan fingerprint density at radius 1 is 0.800 bits per heavy atom. The van der Waals surface area contributed by atoms with E-state index in [1.807, 2.05) is 0 Å². The molecular formula is C22H30Cl2Hf. The monoisotopic (exact) mass is 544 g/mol. The second-order valence-corrected chi connectivity index (χ2v) is 39.1. The second-order valence-electron chi connectivity index (χ2n) is 8.67. The van der Waals surface area contributed by atoms with Crippen molar-refractivity contribution in [2.45, 2.75) is 79.5 Å². The molecule has 0 aromatic carbocycles. The summed E-state index contributed by atoms with van der Waals surface area (Å²) in [4.78, 5) is 0. The first-order chi connectivity index (χ1) is 11.9. The second kappa shape index (κ2) is 6.42. The summed E-state index contributed by atoms with van der Waals surface area (Å²) >= 11 is -4.39. The summed E-state index contributed by atoms with van der Waals surface area (Å²) in [6, 6.07) is 0. The van der Waals surface area contributed by atoms with Crippen molar-refractivity contribution >= 4 is 20.9 Å². The predicted octanol–water partition coefficient (Wildman–Crippen LogP) is 8.04. The first kappa shape index (κ1) is 18.6. The third-order valence-electron chi connectivity index (χ3n) is 7.18. The van der Waals surface area contributed by atoms with E-state index in [0.717, 1.165) is 0 Å². The van der Waals surface area contributed by atoms with Gasteiger partial charge in [-0.05, 0) is 0 Å². The Balaban J connectivity index is 1.88. The van der Waals surface area contributed by atoms with Gasteiger partial charge in [0.25, 0.3) is 0 Å². The molecular weight excluding hydrogens is 514 g/mol. The normalized spacial score (nSPS) is 30.2. The van der Waals surface area contributed by atoms with Gasteiger partial charge in [0.05, 0.1) is 0 Å². The molecule has 4 rings (SSSR count). The summed E-state index contributed by atoms with van der Waals surface area (Å²) < 4.78 is 3.00. The van der Waals surface area contributed by atoms with E-state index >= 15 is 0 Å². The van der Waals surface area contributed by atoms with Crippen molar-refractivity contribution in [3.8, 4) is 0 Å². The average Bonchev–Trinajstić information content (AvgIpc) is 3.11. The molecule has 0 aromatic rings. The third kappa shape index (κ3) is 2.74. The van der Waals surface area contributed by atoms with Crippen molar-refractivity contribution in [2.75, 3.05) is 0 Å². The number of hydrogen-bond donors (Lipinski definition) is 0. The van der Waals surface area contributed by atoms with Crippen LogP contribution in [-0.2, 0) is 15.7 Å². The van der Waals surface area contributed by atoms with Crippen molar-refractivity contribution in [3.05, 3.63) is 45.6 Å². The van der Waals surface area contributed by atoms with Crippen molar-refractivity contribution < 1.29 is 15.7 Å². The molecule has 0 aliphatic heterocycles. The third-order valence-corrected chi connectivity index (χ3v) is 35.6. The molecule has 0 heterocycles. The summed E-state index contributed by atoms with van der Waals surface area (Å²) in [6.07, 6.45) is 15.0. The van der Waals surface area contributed by atoms with Gasteiger partial charge in [0.2, 0.25) is 0 Å². The number of halogens is 2. The molecule has 0 amide bonds. The molecule has 0 nitrogen and oxygen atoms in total. The zero-order valence-corrected chi connectivity index (χ0v) is 20.9. The summed E-state index contributed by atoms with van der Waals surface area (Å²) in [7, 11) is 15.6. The number of rotatable bonds is 2. The van der Waals surface area contributed by atoms with Crippen LogP contribution >= 0.6 is 17.2 Å². The van der Waals surface area contributed by atoms with E-state index in [1.165, 1.54) is 62.5 Å². The SMILES string of the molecule is C[CH]=[Hf]([Cl])([Cl])([CH]1C(C)=CC2=C1CCCC2)[CH]1C(C)=CC2=C1CCCC2. The molecule has 0 N–H and O–H groups in total. The molecule has 0 saturated heterocycles. The van der Waals surface area contributed by atoms with E-state index in [2.05, 4.69) is 36.7 Å². The minimum absolute atomic E-state index is 0.336. The molecule has 136 valence electrons. The van der Waals surface area contributed by atoms with Crippen molar-refractivity contribution in [3.63, 3.8) is 0 Å². The van der Waals surface area contributed by atoms with Crippen LogP contribution in [0.2, 0.25) is 7.35 Å². The van der Waals surface area contributed by atoms with E-state index < -0.39 is 15.7 Å². The molecule has 25 heavy (non-hydrogen) atoms. The van der Waals surface area contributed by atoms with E-state index in [4.69, 9.17) is 17.2 Å². The fraction of sp³-hybridized carbons (Fsp3) is 0.591. The maximum atomic E-state index is 7.80. The van der Waals surface area contributed by atoms with Crippen LogP contribution < -0.4 is 0 Å². The molecule has 4 aliphatic rings. The van der Waals surface area contributed by atoms with Gasteiger partial charge < -0.3 is 0 Å². The zero-order valence-electron chi connectivity index (χ0n) is 15.8. The van der Waals surface area contributed by atoms with Crippen LogP contribution in [0.1, 0.15) is 72.1 Å². The Labute approximate surface area is 160 Å². The predicted molar refractivity (Wildman–Crippen MR) is 109 cm³/mol. The summed E-state index contributed by atoms with van der Waals surface area (Å²) in [5.41, 5.74) is 9.25. The molecule has 0 fully saturated rings. The van der Waals surface area contributed by atoms with Crippen LogP contribution in [-0.4, -0.2) is 3.76 Å². The van der Waals surface area contributed by atoms with Crippen LogP contribution in [0, 0.1) is 0 Å². The number of allylic oxidation sites excluding steroid dienone is 8. The fourth-order valence-electron chi connectivity index (χ4n) is 6.19. The molecule has 3 heteroatoms. The zero-order chi connectivity index (χ0) is 17.8. The first-order valence-electron chi connectivity index (χ1n) is 10.0. The van der Waals surface area contributed by atoms with E-state index in [1.54, 1.807) is 22.3 Å². The molecule has 0 saturated carbocycles. The van der Waals surface area contributed by atoms with E-state index in [-0.39, 0.29) is 0 Å². The average molecular weight is 544 g/mol. The molecule has 0 aromatic heterocycles. The van der Waals surface area contributed by atoms with Gasteiger partial charge >= 0.3 is 162 Å². The minimum atomic E-state index is -4.39. The van der Waals surface area contributed by atoms with Gasteiger partial charge in [-0.2, -0.15) is 0 Å².